The Kier molecular flexibility index (Phi) is 9.64. The maximum atomic E-state index is 11.4. The Balaban J connectivity index is 0.000000697. The number of carboxylic acid groups (broad SMARTS) is 1. The minimum atomic E-state index is -5.08. The lowest BCUT2D eigenvalue weighted by Crippen LogP contribution is -2.46. The second-order valence-corrected chi connectivity index (χ2v) is 4.32. The Bertz CT molecular complexity index is 565. The molecule has 0 heterocycles. The molecule has 0 spiro atoms. The largest absolute Gasteiger partial charge is 0.490 e. The molecule has 8 nitrogen and oxygen atoms in total. The van der Waals surface area contributed by atoms with Gasteiger partial charge in [-0.2, -0.15) is 13.2 Å². The van der Waals surface area contributed by atoms with Crippen molar-refractivity contribution in [1.82, 2.24) is 5.32 Å². The molecular weight excluding hydrogens is 349 g/mol. The average molecular weight is 366 g/mol. The van der Waals surface area contributed by atoms with Gasteiger partial charge in [-0.15, -0.1) is 0 Å². The maximum Gasteiger partial charge on any atom is 0.490 e. The lowest BCUT2D eigenvalue weighted by molar-refractivity contribution is -0.192. The second kappa shape index (κ2) is 10.9. The molecule has 1 unspecified atom stereocenters. The first kappa shape index (κ1) is 22.2. The first-order valence-corrected chi connectivity index (χ1v) is 6.67. The van der Waals surface area contributed by atoms with Crippen molar-refractivity contribution in [1.29, 1.82) is 0 Å². The van der Waals surface area contributed by atoms with Gasteiger partial charge in [0, 0.05) is 6.54 Å². The van der Waals surface area contributed by atoms with Gasteiger partial charge in [-0.1, -0.05) is 30.3 Å². The maximum absolute atomic E-state index is 11.4. The van der Waals surface area contributed by atoms with Gasteiger partial charge in [-0.25, -0.2) is 14.4 Å². The van der Waals surface area contributed by atoms with Gasteiger partial charge in [-0.3, -0.25) is 0 Å². The number of alkyl carbamates (subject to hydrolysis) is 1. The number of carbonyl (C=O) groups is 3. The molecule has 0 aliphatic rings. The lowest BCUT2D eigenvalue weighted by Gasteiger charge is -2.14. The zero-order chi connectivity index (χ0) is 19.5. The molecule has 1 amide bonds. The summed E-state index contributed by atoms with van der Waals surface area (Å²) < 4.78 is 41.2. The molecule has 1 aromatic rings. The molecule has 0 aliphatic heterocycles. The fourth-order valence-electron chi connectivity index (χ4n) is 1.26. The molecule has 0 fully saturated rings. The van der Waals surface area contributed by atoms with Crippen molar-refractivity contribution in [3.63, 3.8) is 0 Å². The molecule has 0 saturated heterocycles. The first-order valence-electron chi connectivity index (χ1n) is 6.67. The highest BCUT2D eigenvalue weighted by Gasteiger charge is 2.38. The molecular formula is C14H17F3N2O6. The average Bonchev–Trinajstić information content (AvgIpc) is 2.57. The number of benzene rings is 1. The van der Waals surface area contributed by atoms with Crippen molar-refractivity contribution in [2.75, 3.05) is 13.7 Å². The number of methoxy groups -OCH3 is 1. The number of nitrogens with two attached hydrogens (primary N) is 1. The Morgan fingerprint density at radius 1 is 1.24 bits per heavy atom. The fraction of sp³-hybridized carbons (Fsp3) is 0.357. The smallest absolute Gasteiger partial charge is 0.475 e. The number of hydrogen-bond donors (Lipinski definition) is 3. The van der Waals surface area contributed by atoms with E-state index in [1.807, 2.05) is 30.3 Å². The standard InChI is InChI=1S/C12H16N2O4.C2HF3O2/c1-17-11(15)10(7-13)14-12(16)18-8-9-5-3-2-4-6-9;3-2(4,5)1(6)7/h2-6,10H,7-8,13H2,1H3,(H,14,16);(H,6,7). The number of carboxylic acids is 1. The van der Waals surface area contributed by atoms with Crippen LogP contribution in [-0.2, 0) is 25.7 Å². The van der Waals surface area contributed by atoms with Crippen LogP contribution in [0.2, 0.25) is 0 Å². The first-order chi connectivity index (χ1) is 11.6. The molecule has 1 atom stereocenters. The molecule has 0 aliphatic carbocycles. The zero-order valence-corrected chi connectivity index (χ0v) is 13.1. The summed E-state index contributed by atoms with van der Waals surface area (Å²) in [7, 11) is 1.22. The van der Waals surface area contributed by atoms with Crippen molar-refractivity contribution < 1.29 is 42.1 Å². The van der Waals surface area contributed by atoms with Crippen molar-refractivity contribution in [2.45, 2.75) is 18.8 Å². The van der Waals surface area contributed by atoms with E-state index in [9.17, 15) is 22.8 Å². The molecule has 0 bridgehead atoms. The number of amides is 1. The minimum absolute atomic E-state index is 0.0485. The van der Waals surface area contributed by atoms with Crippen molar-refractivity contribution in [3.8, 4) is 0 Å². The van der Waals surface area contributed by atoms with Gasteiger partial charge in [0.1, 0.15) is 12.6 Å². The summed E-state index contributed by atoms with van der Waals surface area (Å²) in [4.78, 5) is 31.5. The molecule has 4 N–H and O–H groups in total. The van der Waals surface area contributed by atoms with Gasteiger partial charge in [0.25, 0.3) is 0 Å². The van der Waals surface area contributed by atoms with Crippen LogP contribution in [0.25, 0.3) is 0 Å². The van der Waals surface area contributed by atoms with Gasteiger partial charge < -0.3 is 25.6 Å². The fourth-order valence-corrected chi connectivity index (χ4v) is 1.26. The van der Waals surface area contributed by atoms with Gasteiger partial charge in [0.05, 0.1) is 7.11 Å². The minimum Gasteiger partial charge on any atom is -0.475 e. The summed E-state index contributed by atoms with van der Waals surface area (Å²) in [5.41, 5.74) is 6.19. The van der Waals surface area contributed by atoms with Crippen molar-refractivity contribution in [3.05, 3.63) is 35.9 Å². The predicted octanol–water partition coefficient (Wildman–Crippen LogP) is 1.05. The highest BCUT2D eigenvalue weighted by molar-refractivity contribution is 5.81. The number of rotatable bonds is 5. The van der Waals surface area contributed by atoms with Crippen LogP contribution in [-0.4, -0.2) is 49.0 Å². The van der Waals surface area contributed by atoms with E-state index in [0.29, 0.717) is 0 Å². The summed E-state index contributed by atoms with van der Waals surface area (Å²) in [5, 5.41) is 9.45. The van der Waals surface area contributed by atoms with Crippen LogP contribution in [0, 0.1) is 0 Å². The number of nitrogens with one attached hydrogen (secondary N) is 1. The summed E-state index contributed by atoms with van der Waals surface area (Å²) in [6, 6.07) is 8.31. The lowest BCUT2D eigenvalue weighted by atomic mass is 10.2. The Labute approximate surface area is 140 Å². The topological polar surface area (TPSA) is 128 Å². The number of halogens is 3. The van der Waals surface area contributed by atoms with E-state index < -0.39 is 30.2 Å². The molecule has 0 saturated carbocycles. The Morgan fingerprint density at radius 3 is 2.16 bits per heavy atom. The SMILES string of the molecule is COC(=O)C(CN)NC(=O)OCc1ccccc1.O=C(O)C(F)(F)F. The van der Waals surface area contributed by atoms with E-state index in [1.54, 1.807) is 0 Å². The summed E-state index contributed by atoms with van der Waals surface area (Å²) in [6.07, 6.45) is -5.79. The van der Waals surface area contributed by atoms with Crippen LogP contribution < -0.4 is 11.1 Å². The normalized spacial score (nSPS) is 11.4. The van der Waals surface area contributed by atoms with Crippen LogP contribution in [0.5, 0.6) is 0 Å². The van der Waals surface area contributed by atoms with E-state index in [4.69, 9.17) is 20.4 Å². The van der Waals surface area contributed by atoms with E-state index in [1.165, 1.54) is 7.11 Å². The van der Waals surface area contributed by atoms with Crippen LogP contribution in [0.1, 0.15) is 5.56 Å². The number of aliphatic carboxylic acids is 1. The van der Waals surface area contributed by atoms with Crippen molar-refractivity contribution >= 4 is 18.0 Å². The Hall–Kier alpha value is -2.82. The van der Waals surface area contributed by atoms with Crippen LogP contribution in [0.4, 0.5) is 18.0 Å². The van der Waals surface area contributed by atoms with Gasteiger partial charge in [0.2, 0.25) is 0 Å². The number of hydrogen-bond acceptors (Lipinski definition) is 6. The van der Waals surface area contributed by atoms with Crippen LogP contribution in [0.15, 0.2) is 30.3 Å². The van der Waals surface area contributed by atoms with Gasteiger partial charge >= 0.3 is 24.2 Å². The van der Waals surface area contributed by atoms with Gasteiger partial charge in [-0.05, 0) is 5.56 Å². The van der Waals surface area contributed by atoms with Crippen molar-refractivity contribution in [2.24, 2.45) is 5.73 Å². The predicted molar refractivity (Wildman–Crippen MR) is 78.3 cm³/mol. The van der Waals surface area contributed by atoms with Crippen LogP contribution >= 0.6 is 0 Å². The van der Waals surface area contributed by atoms with E-state index in [0.717, 1.165) is 5.56 Å². The second-order valence-electron chi connectivity index (χ2n) is 4.32. The quantitative estimate of drug-likeness (QED) is 0.665. The molecule has 1 aromatic carbocycles. The number of alkyl halides is 3. The molecule has 25 heavy (non-hydrogen) atoms. The molecule has 11 heteroatoms. The van der Waals surface area contributed by atoms with Crippen LogP contribution in [0.3, 0.4) is 0 Å². The van der Waals surface area contributed by atoms with E-state index in [2.05, 4.69) is 10.1 Å². The molecule has 140 valence electrons. The number of esters is 1. The van der Waals surface area contributed by atoms with E-state index >= 15 is 0 Å². The Morgan fingerprint density at radius 2 is 1.76 bits per heavy atom. The highest BCUT2D eigenvalue weighted by Crippen LogP contribution is 2.13. The summed E-state index contributed by atoms with van der Waals surface area (Å²) in [6.45, 7) is 0.0816. The summed E-state index contributed by atoms with van der Waals surface area (Å²) in [5.74, 6) is -3.36. The third-order valence-corrected chi connectivity index (χ3v) is 2.47. The molecule has 0 aromatic heterocycles. The highest BCUT2D eigenvalue weighted by atomic mass is 19.4. The number of ether oxygens (including phenoxy) is 2. The molecule has 0 radical (unpaired) electrons. The zero-order valence-electron chi connectivity index (χ0n) is 13.1. The molecule has 1 rings (SSSR count). The monoisotopic (exact) mass is 366 g/mol. The van der Waals surface area contributed by atoms with E-state index in [-0.39, 0.29) is 13.2 Å². The third kappa shape index (κ3) is 9.81. The third-order valence-electron chi connectivity index (χ3n) is 2.47. The number of carbonyl (C=O) groups excluding carboxylic acids is 2. The van der Waals surface area contributed by atoms with Gasteiger partial charge in [0.15, 0.2) is 0 Å². The summed E-state index contributed by atoms with van der Waals surface area (Å²) >= 11 is 0.